The van der Waals surface area contributed by atoms with E-state index in [-0.39, 0.29) is 18.6 Å². The van der Waals surface area contributed by atoms with Gasteiger partial charge in [-0.1, -0.05) is 12.1 Å². The minimum Gasteiger partial charge on any atom is -0.496 e. The zero-order chi connectivity index (χ0) is 25.1. The molecule has 5 rings (SSSR count). The fourth-order valence-corrected chi connectivity index (χ4v) is 4.60. The average molecular weight is 478 g/mol. The zero-order valence-corrected chi connectivity index (χ0v) is 20.3. The largest absolute Gasteiger partial charge is 0.496 e. The summed E-state index contributed by atoms with van der Waals surface area (Å²) in [6.45, 7) is 7.56. The van der Waals surface area contributed by atoms with Gasteiger partial charge in [-0.3, -0.25) is 4.79 Å². The van der Waals surface area contributed by atoms with Gasteiger partial charge < -0.3 is 24.0 Å². The number of pyridine rings is 2. The zero-order valence-electron chi connectivity index (χ0n) is 20.3. The number of cyclic esters (lactones) is 1. The number of esters is 1. The third-order valence-electron chi connectivity index (χ3n) is 6.42. The maximum atomic E-state index is 13.4. The molecule has 0 unspecified atom stereocenters. The standard InChI is InChI=1S/C26H27N3O6/c1-6-26(32)18-10-20-22-14(12-29(20)23(30)17(18)13-34-24(26)31)9-15-16(11-27-35-25(2,3)4)21(33-5)8-7-19(15)28-22/h7-11,32H,6,12-13H2,1-5H3/t26-/m0/s1. The number of oxime groups is 1. The molecule has 0 spiro atoms. The van der Waals surface area contributed by atoms with Crippen molar-refractivity contribution in [1.82, 2.24) is 9.55 Å². The second-order valence-electron chi connectivity index (χ2n) is 9.79. The van der Waals surface area contributed by atoms with Crippen LogP contribution in [0.25, 0.3) is 22.3 Å². The van der Waals surface area contributed by atoms with E-state index in [1.54, 1.807) is 36.9 Å². The number of carbonyl (C=O) groups excluding carboxylic acids is 1. The summed E-state index contributed by atoms with van der Waals surface area (Å²) in [5.74, 6) is -0.123. The van der Waals surface area contributed by atoms with Crippen molar-refractivity contribution < 1.29 is 24.2 Å². The van der Waals surface area contributed by atoms with Crippen LogP contribution in [0.3, 0.4) is 0 Å². The number of carbonyl (C=O) groups is 1. The van der Waals surface area contributed by atoms with E-state index in [0.717, 1.165) is 10.9 Å². The van der Waals surface area contributed by atoms with Crippen molar-refractivity contribution in [3.05, 3.63) is 56.9 Å². The van der Waals surface area contributed by atoms with Crippen LogP contribution in [0.5, 0.6) is 5.75 Å². The van der Waals surface area contributed by atoms with Gasteiger partial charge in [-0.05, 0) is 51.5 Å². The molecule has 2 aliphatic heterocycles. The van der Waals surface area contributed by atoms with E-state index in [2.05, 4.69) is 5.16 Å². The molecule has 0 radical (unpaired) electrons. The topological polar surface area (TPSA) is 112 Å². The normalized spacial score (nSPS) is 18.9. The van der Waals surface area contributed by atoms with Gasteiger partial charge in [0.15, 0.2) is 5.60 Å². The molecule has 0 amide bonds. The van der Waals surface area contributed by atoms with Crippen LogP contribution in [-0.2, 0) is 33.1 Å². The number of ether oxygens (including phenoxy) is 2. The second kappa shape index (κ2) is 7.91. The van der Waals surface area contributed by atoms with Crippen molar-refractivity contribution >= 4 is 23.1 Å². The Kier molecular flexibility index (Phi) is 5.21. The predicted molar refractivity (Wildman–Crippen MR) is 130 cm³/mol. The lowest BCUT2D eigenvalue weighted by atomic mass is 9.86. The quantitative estimate of drug-likeness (QED) is 0.273. The Morgan fingerprint density at radius 3 is 2.74 bits per heavy atom. The first-order chi connectivity index (χ1) is 16.6. The minimum atomic E-state index is -1.86. The van der Waals surface area contributed by atoms with E-state index in [4.69, 9.17) is 19.3 Å². The molecule has 2 aliphatic rings. The Morgan fingerprint density at radius 2 is 2.06 bits per heavy atom. The highest BCUT2D eigenvalue weighted by Gasteiger charge is 2.45. The van der Waals surface area contributed by atoms with Gasteiger partial charge in [-0.25, -0.2) is 9.78 Å². The molecule has 4 heterocycles. The first kappa shape index (κ1) is 23.0. The number of aromatic nitrogens is 2. The lowest BCUT2D eigenvalue weighted by Crippen LogP contribution is -2.44. The molecule has 1 N–H and O–H groups in total. The maximum Gasteiger partial charge on any atom is 0.343 e. The Balaban J connectivity index is 1.69. The molecule has 35 heavy (non-hydrogen) atoms. The number of hydrogen-bond acceptors (Lipinski definition) is 8. The molecule has 0 aliphatic carbocycles. The number of methoxy groups -OCH3 is 1. The van der Waals surface area contributed by atoms with E-state index < -0.39 is 17.2 Å². The molecule has 0 saturated heterocycles. The molecular formula is C26H27N3O6. The molecule has 1 atom stereocenters. The molecular weight excluding hydrogens is 450 g/mol. The van der Waals surface area contributed by atoms with Gasteiger partial charge >= 0.3 is 5.97 Å². The maximum absolute atomic E-state index is 13.4. The van der Waals surface area contributed by atoms with Gasteiger partial charge in [0, 0.05) is 22.1 Å². The van der Waals surface area contributed by atoms with Crippen LogP contribution in [0.15, 0.2) is 34.2 Å². The lowest BCUT2D eigenvalue weighted by Gasteiger charge is -2.31. The molecule has 3 aromatic rings. The van der Waals surface area contributed by atoms with Gasteiger partial charge in [0.1, 0.15) is 18.0 Å². The third kappa shape index (κ3) is 3.58. The Hall–Kier alpha value is -3.72. The Bertz CT molecular complexity index is 1470. The summed E-state index contributed by atoms with van der Waals surface area (Å²) in [6.07, 6.45) is 1.70. The highest BCUT2D eigenvalue weighted by atomic mass is 16.6. The molecule has 0 fully saturated rings. The van der Waals surface area contributed by atoms with Crippen LogP contribution >= 0.6 is 0 Å². The summed E-state index contributed by atoms with van der Waals surface area (Å²) in [4.78, 5) is 36.1. The van der Waals surface area contributed by atoms with Crippen molar-refractivity contribution in [1.29, 1.82) is 0 Å². The number of benzene rings is 1. The van der Waals surface area contributed by atoms with Crippen molar-refractivity contribution in [3.8, 4) is 17.1 Å². The molecule has 0 saturated carbocycles. The monoisotopic (exact) mass is 477 g/mol. The van der Waals surface area contributed by atoms with Crippen LogP contribution in [0.4, 0.5) is 0 Å². The van der Waals surface area contributed by atoms with Crippen molar-refractivity contribution in [3.63, 3.8) is 0 Å². The number of aliphatic hydroxyl groups is 1. The smallest absolute Gasteiger partial charge is 0.343 e. The van der Waals surface area contributed by atoms with E-state index in [9.17, 15) is 14.7 Å². The van der Waals surface area contributed by atoms with E-state index in [1.165, 1.54) is 0 Å². The minimum absolute atomic E-state index is 0.0961. The second-order valence-corrected chi connectivity index (χ2v) is 9.79. The number of rotatable bonds is 4. The summed E-state index contributed by atoms with van der Waals surface area (Å²) >= 11 is 0. The summed E-state index contributed by atoms with van der Waals surface area (Å²) < 4.78 is 12.3. The molecule has 9 heteroatoms. The van der Waals surface area contributed by atoms with Crippen molar-refractivity contribution in [2.75, 3.05) is 7.11 Å². The number of hydrogen-bond donors (Lipinski definition) is 1. The van der Waals surface area contributed by atoms with Crippen LogP contribution in [-0.4, -0.2) is 39.6 Å². The molecule has 2 aromatic heterocycles. The van der Waals surface area contributed by atoms with Gasteiger partial charge in [0.25, 0.3) is 5.56 Å². The van der Waals surface area contributed by atoms with Crippen LogP contribution in [0.2, 0.25) is 0 Å². The summed E-state index contributed by atoms with van der Waals surface area (Å²) in [6, 6.07) is 7.32. The first-order valence-corrected chi connectivity index (χ1v) is 11.5. The SMILES string of the molecule is CC[C@@]1(O)C(=O)OCc2c1cc1n(c2=O)Cc2cc3c(C=NOC(C)(C)C)c(OC)ccc3nc2-1. The number of fused-ring (bicyclic) bond motifs is 5. The molecule has 1 aromatic carbocycles. The fraction of sp³-hybridized carbons (Fsp3) is 0.385. The lowest BCUT2D eigenvalue weighted by molar-refractivity contribution is -0.172. The van der Waals surface area contributed by atoms with Crippen LogP contribution < -0.4 is 10.3 Å². The fourth-order valence-electron chi connectivity index (χ4n) is 4.60. The molecule has 182 valence electrons. The van der Waals surface area contributed by atoms with E-state index >= 15 is 0 Å². The summed E-state index contributed by atoms with van der Waals surface area (Å²) in [5, 5.41) is 16.0. The van der Waals surface area contributed by atoms with Gasteiger partial charge in [0.05, 0.1) is 42.3 Å². The third-order valence-corrected chi connectivity index (χ3v) is 6.42. The number of nitrogens with zero attached hydrogens (tertiary/aromatic N) is 3. The van der Waals surface area contributed by atoms with Crippen molar-refractivity contribution in [2.24, 2.45) is 5.16 Å². The predicted octanol–water partition coefficient (Wildman–Crippen LogP) is 3.24. The van der Waals surface area contributed by atoms with E-state index in [1.807, 2.05) is 32.9 Å². The van der Waals surface area contributed by atoms with Gasteiger partial charge in [-0.2, -0.15) is 0 Å². The van der Waals surface area contributed by atoms with E-state index in [0.29, 0.717) is 45.9 Å². The summed E-state index contributed by atoms with van der Waals surface area (Å²) in [5.41, 5.74) is 1.43. The highest BCUT2D eigenvalue weighted by molar-refractivity contribution is 6.02. The summed E-state index contributed by atoms with van der Waals surface area (Å²) in [7, 11) is 1.59. The Labute approximate surface area is 201 Å². The highest BCUT2D eigenvalue weighted by Crippen LogP contribution is 2.39. The van der Waals surface area contributed by atoms with Crippen LogP contribution in [0, 0.1) is 0 Å². The Morgan fingerprint density at radius 1 is 1.29 bits per heavy atom. The first-order valence-electron chi connectivity index (χ1n) is 11.5. The van der Waals surface area contributed by atoms with Gasteiger partial charge in [-0.15, -0.1) is 0 Å². The molecule has 0 bridgehead atoms. The van der Waals surface area contributed by atoms with Crippen molar-refractivity contribution in [2.45, 2.75) is 58.5 Å². The van der Waals surface area contributed by atoms with Crippen LogP contribution in [0.1, 0.15) is 56.4 Å². The van der Waals surface area contributed by atoms with Gasteiger partial charge in [0.2, 0.25) is 0 Å². The molecule has 9 nitrogen and oxygen atoms in total. The average Bonchev–Trinajstić information content (AvgIpc) is 3.18.